The molecule has 114 valence electrons. The first-order chi connectivity index (χ1) is 10.0. The minimum Gasteiger partial charge on any atom is -0.497 e. The van der Waals surface area contributed by atoms with Crippen LogP contribution in [0.3, 0.4) is 0 Å². The highest BCUT2D eigenvalue weighted by atomic mass is 16.5. The predicted octanol–water partition coefficient (Wildman–Crippen LogP) is 1.03. The van der Waals surface area contributed by atoms with Crippen molar-refractivity contribution in [1.82, 2.24) is 10.2 Å². The van der Waals surface area contributed by atoms with Crippen molar-refractivity contribution in [1.29, 1.82) is 0 Å². The molecule has 0 aliphatic carbocycles. The SMILES string of the molecule is COc1ccc2c(c1)CCCN(C(C)C(=O)NC(N)=O)C2. The summed E-state index contributed by atoms with van der Waals surface area (Å²) in [5.74, 6) is 0.487. The molecule has 3 N–H and O–H groups in total. The molecule has 0 fully saturated rings. The number of benzene rings is 1. The van der Waals surface area contributed by atoms with E-state index in [1.807, 2.05) is 18.2 Å². The molecular weight excluding hydrogens is 270 g/mol. The Morgan fingerprint density at radius 1 is 1.38 bits per heavy atom. The highest BCUT2D eigenvalue weighted by molar-refractivity contribution is 5.96. The summed E-state index contributed by atoms with van der Waals surface area (Å²) in [6.07, 6.45) is 1.90. The van der Waals surface area contributed by atoms with Gasteiger partial charge in [0.1, 0.15) is 5.75 Å². The summed E-state index contributed by atoms with van der Waals surface area (Å²) in [4.78, 5) is 24.7. The van der Waals surface area contributed by atoms with E-state index in [4.69, 9.17) is 10.5 Å². The number of aryl methyl sites for hydroxylation is 1. The van der Waals surface area contributed by atoms with Gasteiger partial charge in [-0.3, -0.25) is 15.0 Å². The fraction of sp³-hybridized carbons (Fsp3) is 0.467. The zero-order chi connectivity index (χ0) is 15.4. The Labute approximate surface area is 124 Å². The maximum Gasteiger partial charge on any atom is 0.318 e. The summed E-state index contributed by atoms with van der Waals surface area (Å²) < 4.78 is 5.25. The number of amides is 3. The van der Waals surface area contributed by atoms with Crippen LogP contribution in [-0.2, 0) is 17.8 Å². The van der Waals surface area contributed by atoms with Crippen LogP contribution in [0.5, 0.6) is 5.75 Å². The number of rotatable bonds is 3. The Kier molecular flexibility index (Phi) is 4.80. The monoisotopic (exact) mass is 291 g/mol. The molecule has 1 aliphatic rings. The summed E-state index contributed by atoms with van der Waals surface area (Å²) in [5.41, 5.74) is 7.43. The van der Waals surface area contributed by atoms with Gasteiger partial charge in [0, 0.05) is 6.54 Å². The van der Waals surface area contributed by atoms with E-state index in [2.05, 4.69) is 10.2 Å². The van der Waals surface area contributed by atoms with Gasteiger partial charge in [0.15, 0.2) is 0 Å². The Morgan fingerprint density at radius 2 is 2.14 bits per heavy atom. The highest BCUT2D eigenvalue weighted by Gasteiger charge is 2.24. The van der Waals surface area contributed by atoms with Gasteiger partial charge in [0.2, 0.25) is 5.91 Å². The summed E-state index contributed by atoms with van der Waals surface area (Å²) >= 11 is 0. The molecule has 0 aromatic heterocycles. The highest BCUT2D eigenvalue weighted by Crippen LogP contribution is 2.24. The molecule has 0 spiro atoms. The Bertz CT molecular complexity index is 545. The van der Waals surface area contributed by atoms with Gasteiger partial charge in [-0.1, -0.05) is 6.07 Å². The Balaban J connectivity index is 2.13. The van der Waals surface area contributed by atoms with Gasteiger partial charge in [0.25, 0.3) is 0 Å². The van der Waals surface area contributed by atoms with Crippen LogP contribution in [0.4, 0.5) is 4.79 Å². The van der Waals surface area contributed by atoms with E-state index in [0.717, 1.165) is 25.1 Å². The number of nitrogens with one attached hydrogen (secondary N) is 1. The number of imide groups is 1. The van der Waals surface area contributed by atoms with E-state index in [9.17, 15) is 9.59 Å². The number of hydrogen-bond acceptors (Lipinski definition) is 4. The van der Waals surface area contributed by atoms with Gasteiger partial charge < -0.3 is 10.5 Å². The number of nitrogens with zero attached hydrogens (tertiary/aromatic N) is 1. The van der Waals surface area contributed by atoms with Crippen molar-refractivity contribution in [3.05, 3.63) is 29.3 Å². The number of primary amides is 1. The topological polar surface area (TPSA) is 84.7 Å². The molecule has 1 aromatic rings. The van der Waals surface area contributed by atoms with Crippen LogP contribution >= 0.6 is 0 Å². The van der Waals surface area contributed by atoms with E-state index < -0.39 is 12.1 Å². The van der Waals surface area contributed by atoms with Gasteiger partial charge in [-0.2, -0.15) is 0 Å². The van der Waals surface area contributed by atoms with Crippen molar-refractivity contribution in [2.24, 2.45) is 5.73 Å². The minimum absolute atomic E-state index is 0.362. The van der Waals surface area contributed by atoms with Gasteiger partial charge in [-0.25, -0.2) is 4.79 Å². The second kappa shape index (κ2) is 6.58. The first-order valence-electron chi connectivity index (χ1n) is 7.01. The molecule has 6 nitrogen and oxygen atoms in total. The smallest absolute Gasteiger partial charge is 0.318 e. The summed E-state index contributed by atoms with van der Waals surface area (Å²) in [7, 11) is 1.65. The third-order valence-corrected chi connectivity index (χ3v) is 3.85. The van der Waals surface area contributed by atoms with Crippen molar-refractivity contribution in [3.63, 3.8) is 0 Å². The number of methoxy groups -OCH3 is 1. The third kappa shape index (κ3) is 3.72. The summed E-state index contributed by atoms with van der Waals surface area (Å²) in [5, 5.41) is 2.14. The fourth-order valence-electron chi connectivity index (χ4n) is 2.61. The van der Waals surface area contributed by atoms with Crippen LogP contribution in [0.1, 0.15) is 24.5 Å². The molecule has 1 heterocycles. The number of nitrogens with two attached hydrogens (primary N) is 1. The molecule has 0 radical (unpaired) electrons. The molecular formula is C15H21N3O3. The van der Waals surface area contributed by atoms with E-state index in [1.165, 1.54) is 11.1 Å². The zero-order valence-corrected chi connectivity index (χ0v) is 12.4. The largest absolute Gasteiger partial charge is 0.497 e. The molecule has 2 rings (SSSR count). The second-order valence-electron chi connectivity index (χ2n) is 5.24. The molecule has 1 aromatic carbocycles. The lowest BCUT2D eigenvalue weighted by atomic mass is 10.0. The fourth-order valence-corrected chi connectivity index (χ4v) is 2.61. The van der Waals surface area contributed by atoms with Crippen LogP contribution in [0, 0.1) is 0 Å². The quantitative estimate of drug-likeness (QED) is 0.871. The van der Waals surface area contributed by atoms with Crippen LogP contribution in [0.2, 0.25) is 0 Å². The van der Waals surface area contributed by atoms with Gasteiger partial charge in [0.05, 0.1) is 13.2 Å². The Morgan fingerprint density at radius 3 is 2.81 bits per heavy atom. The lowest BCUT2D eigenvalue weighted by Crippen LogP contribution is -2.48. The van der Waals surface area contributed by atoms with Crippen LogP contribution in [0.25, 0.3) is 0 Å². The predicted molar refractivity (Wildman–Crippen MR) is 78.9 cm³/mol. The van der Waals surface area contributed by atoms with Gasteiger partial charge in [-0.15, -0.1) is 0 Å². The average Bonchev–Trinajstić information content (AvgIpc) is 2.66. The van der Waals surface area contributed by atoms with Crippen molar-refractivity contribution in [2.75, 3.05) is 13.7 Å². The molecule has 21 heavy (non-hydrogen) atoms. The van der Waals surface area contributed by atoms with E-state index in [-0.39, 0.29) is 5.91 Å². The lowest BCUT2D eigenvalue weighted by Gasteiger charge is -2.26. The maximum absolute atomic E-state index is 11.9. The first-order valence-corrected chi connectivity index (χ1v) is 7.01. The van der Waals surface area contributed by atoms with Crippen LogP contribution < -0.4 is 15.8 Å². The van der Waals surface area contributed by atoms with E-state index in [0.29, 0.717) is 6.54 Å². The molecule has 1 unspecified atom stereocenters. The molecule has 6 heteroatoms. The molecule has 1 atom stereocenters. The Hall–Kier alpha value is -2.08. The second-order valence-corrected chi connectivity index (χ2v) is 5.24. The summed E-state index contributed by atoms with van der Waals surface area (Å²) in [6, 6.07) is 4.80. The molecule has 1 aliphatic heterocycles. The summed E-state index contributed by atoms with van der Waals surface area (Å²) in [6.45, 7) is 3.25. The van der Waals surface area contributed by atoms with E-state index >= 15 is 0 Å². The van der Waals surface area contributed by atoms with Crippen molar-refractivity contribution >= 4 is 11.9 Å². The molecule has 0 saturated heterocycles. The molecule has 3 amide bonds. The molecule has 0 saturated carbocycles. The standard InChI is InChI=1S/C15H21N3O3/c1-10(14(19)17-15(16)20)18-7-3-4-11-8-13(21-2)6-5-12(11)9-18/h5-6,8,10H,3-4,7,9H2,1-2H3,(H3,16,17,19,20). The normalized spacial score (nSPS) is 16.5. The van der Waals surface area contributed by atoms with Crippen LogP contribution in [0.15, 0.2) is 18.2 Å². The van der Waals surface area contributed by atoms with Crippen molar-refractivity contribution in [2.45, 2.75) is 32.4 Å². The number of carbonyl (C=O) groups is 2. The van der Waals surface area contributed by atoms with Crippen LogP contribution in [-0.4, -0.2) is 36.5 Å². The molecule has 0 bridgehead atoms. The number of hydrogen-bond donors (Lipinski definition) is 2. The number of fused-ring (bicyclic) bond motifs is 1. The minimum atomic E-state index is -0.813. The zero-order valence-electron chi connectivity index (χ0n) is 12.4. The lowest BCUT2D eigenvalue weighted by molar-refractivity contribution is -0.124. The first kappa shape index (κ1) is 15.3. The van der Waals surface area contributed by atoms with Gasteiger partial charge >= 0.3 is 6.03 Å². The number of urea groups is 1. The average molecular weight is 291 g/mol. The van der Waals surface area contributed by atoms with E-state index in [1.54, 1.807) is 14.0 Å². The van der Waals surface area contributed by atoms with Gasteiger partial charge in [-0.05, 0) is 49.6 Å². The number of ether oxygens (including phenoxy) is 1. The maximum atomic E-state index is 11.9. The van der Waals surface area contributed by atoms with Crippen molar-refractivity contribution in [3.8, 4) is 5.75 Å². The van der Waals surface area contributed by atoms with Crippen molar-refractivity contribution < 1.29 is 14.3 Å². The number of carbonyl (C=O) groups excluding carboxylic acids is 2. The third-order valence-electron chi connectivity index (χ3n) is 3.85.